The van der Waals surface area contributed by atoms with Crippen molar-refractivity contribution < 1.29 is 9.18 Å². The van der Waals surface area contributed by atoms with E-state index >= 15 is 0 Å². The van der Waals surface area contributed by atoms with Crippen LogP contribution >= 0.6 is 11.6 Å². The molecule has 0 aromatic heterocycles. The summed E-state index contributed by atoms with van der Waals surface area (Å²) in [6.45, 7) is 4.25. The minimum absolute atomic E-state index is 0.0191. The normalized spacial score (nSPS) is 21.1. The third-order valence-corrected chi connectivity index (χ3v) is 3.69. The molecule has 1 amide bonds. The molecule has 17 heavy (non-hydrogen) atoms. The first kappa shape index (κ1) is 12.4. The number of amides is 1. The molecule has 0 spiro atoms. The largest absolute Gasteiger partial charge is 0.352 e. The van der Waals surface area contributed by atoms with Crippen LogP contribution in [-0.2, 0) is 11.3 Å². The lowest BCUT2D eigenvalue weighted by Crippen LogP contribution is -2.26. The van der Waals surface area contributed by atoms with Crippen LogP contribution in [0.25, 0.3) is 0 Å². The van der Waals surface area contributed by atoms with Crippen LogP contribution in [0.5, 0.6) is 0 Å². The van der Waals surface area contributed by atoms with Gasteiger partial charge in [0.2, 0.25) is 5.91 Å². The van der Waals surface area contributed by atoms with Crippen molar-refractivity contribution in [3.63, 3.8) is 0 Å². The number of nitrogens with one attached hydrogen (secondary N) is 1. The SMILES string of the molecule is CC1(C)CC1C(=O)NCc1c(F)cccc1Cl. The van der Waals surface area contributed by atoms with Crippen molar-refractivity contribution in [2.24, 2.45) is 11.3 Å². The summed E-state index contributed by atoms with van der Waals surface area (Å²) in [5.74, 6) is -0.352. The van der Waals surface area contributed by atoms with E-state index in [2.05, 4.69) is 5.32 Å². The Kier molecular flexibility index (Phi) is 3.13. The predicted octanol–water partition coefficient (Wildman–Crippen LogP) is 3.14. The van der Waals surface area contributed by atoms with E-state index < -0.39 is 0 Å². The Morgan fingerprint density at radius 3 is 2.76 bits per heavy atom. The van der Waals surface area contributed by atoms with E-state index in [0.717, 1.165) is 6.42 Å². The maximum absolute atomic E-state index is 13.4. The zero-order valence-corrected chi connectivity index (χ0v) is 10.6. The highest BCUT2D eigenvalue weighted by Crippen LogP contribution is 2.51. The fourth-order valence-corrected chi connectivity index (χ4v) is 2.14. The number of halogens is 2. The number of carbonyl (C=O) groups excluding carboxylic acids is 1. The molecule has 0 bridgehead atoms. The van der Waals surface area contributed by atoms with Gasteiger partial charge in [0.25, 0.3) is 0 Å². The molecule has 1 aromatic carbocycles. The van der Waals surface area contributed by atoms with Crippen LogP contribution in [-0.4, -0.2) is 5.91 Å². The number of hydrogen-bond acceptors (Lipinski definition) is 1. The van der Waals surface area contributed by atoms with E-state index in [9.17, 15) is 9.18 Å². The Morgan fingerprint density at radius 2 is 2.24 bits per heavy atom. The fraction of sp³-hybridized carbons (Fsp3) is 0.462. The van der Waals surface area contributed by atoms with Crippen molar-refractivity contribution in [3.8, 4) is 0 Å². The molecule has 0 aliphatic heterocycles. The summed E-state index contributed by atoms with van der Waals surface area (Å²) in [6, 6.07) is 4.51. The zero-order valence-electron chi connectivity index (χ0n) is 9.89. The van der Waals surface area contributed by atoms with Gasteiger partial charge in [0.05, 0.1) is 0 Å². The van der Waals surface area contributed by atoms with Gasteiger partial charge in [0.15, 0.2) is 0 Å². The summed E-state index contributed by atoms with van der Waals surface area (Å²) < 4.78 is 13.4. The molecule has 0 saturated heterocycles. The molecule has 0 radical (unpaired) electrons. The van der Waals surface area contributed by atoms with E-state index in [1.54, 1.807) is 12.1 Å². The smallest absolute Gasteiger partial charge is 0.223 e. The maximum atomic E-state index is 13.4. The molecule has 1 aromatic rings. The topological polar surface area (TPSA) is 29.1 Å². The second-order valence-electron chi connectivity index (χ2n) is 5.16. The summed E-state index contributed by atoms with van der Waals surface area (Å²) >= 11 is 5.87. The molecule has 1 aliphatic carbocycles. The average molecular weight is 256 g/mol. The Bertz CT molecular complexity index is 438. The highest BCUT2D eigenvalue weighted by Gasteiger charge is 2.50. The monoisotopic (exact) mass is 255 g/mol. The first-order valence-corrected chi connectivity index (χ1v) is 6.00. The van der Waals surface area contributed by atoms with Gasteiger partial charge in [-0.15, -0.1) is 0 Å². The number of carbonyl (C=O) groups is 1. The highest BCUT2D eigenvalue weighted by molar-refractivity contribution is 6.31. The first-order chi connectivity index (χ1) is 7.92. The van der Waals surface area contributed by atoms with E-state index in [1.807, 2.05) is 13.8 Å². The molecule has 92 valence electrons. The molecule has 1 atom stereocenters. The van der Waals surface area contributed by atoms with E-state index in [4.69, 9.17) is 11.6 Å². The number of rotatable bonds is 3. The molecular weight excluding hydrogens is 241 g/mol. The van der Waals surface area contributed by atoms with Crippen molar-refractivity contribution in [1.82, 2.24) is 5.32 Å². The third-order valence-electron chi connectivity index (χ3n) is 3.33. The quantitative estimate of drug-likeness (QED) is 0.883. The van der Waals surface area contributed by atoms with Gasteiger partial charge >= 0.3 is 0 Å². The maximum Gasteiger partial charge on any atom is 0.223 e. The van der Waals surface area contributed by atoms with Crippen LogP contribution in [0, 0.1) is 17.2 Å². The summed E-state index contributed by atoms with van der Waals surface area (Å²) in [5, 5.41) is 3.08. The first-order valence-electron chi connectivity index (χ1n) is 5.62. The molecule has 2 nitrogen and oxygen atoms in total. The van der Waals surface area contributed by atoms with Crippen LogP contribution in [0.3, 0.4) is 0 Å². The van der Waals surface area contributed by atoms with Crippen LogP contribution < -0.4 is 5.32 Å². The second kappa shape index (κ2) is 4.30. The molecule has 4 heteroatoms. The Morgan fingerprint density at radius 1 is 1.59 bits per heavy atom. The van der Waals surface area contributed by atoms with E-state index in [-0.39, 0.29) is 29.6 Å². The Balaban J connectivity index is 1.97. The number of hydrogen-bond donors (Lipinski definition) is 1. The van der Waals surface area contributed by atoms with Gasteiger partial charge in [0, 0.05) is 23.0 Å². The lowest BCUT2D eigenvalue weighted by Gasteiger charge is -2.08. The molecule has 0 heterocycles. The molecular formula is C13H15ClFNO. The van der Waals surface area contributed by atoms with Gasteiger partial charge < -0.3 is 5.32 Å². The Labute approximate surface area is 105 Å². The number of benzene rings is 1. The standard InChI is InChI=1S/C13H15ClFNO/c1-13(2)6-9(13)12(17)16-7-8-10(14)4-3-5-11(8)15/h3-5,9H,6-7H2,1-2H3,(H,16,17). The van der Waals surface area contributed by atoms with Crippen molar-refractivity contribution in [2.75, 3.05) is 0 Å². The van der Waals surface area contributed by atoms with Crippen molar-refractivity contribution in [3.05, 3.63) is 34.6 Å². The zero-order chi connectivity index (χ0) is 12.6. The van der Waals surface area contributed by atoms with Crippen molar-refractivity contribution >= 4 is 17.5 Å². The van der Waals surface area contributed by atoms with Gasteiger partial charge in [-0.1, -0.05) is 31.5 Å². The van der Waals surface area contributed by atoms with E-state index in [0.29, 0.717) is 10.6 Å². The highest BCUT2D eigenvalue weighted by atomic mass is 35.5. The van der Waals surface area contributed by atoms with Gasteiger partial charge in [-0.2, -0.15) is 0 Å². The Hall–Kier alpha value is -1.09. The molecule has 1 N–H and O–H groups in total. The minimum Gasteiger partial charge on any atom is -0.352 e. The minimum atomic E-state index is -0.382. The van der Waals surface area contributed by atoms with Crippen LogP contribution in [0.2, 0.25) is 5.02 Å². The predicted molar refractivity (Wildman–Crippen MR) is 65.1 cm³/mol. The van der Waals surface area contributed by atoms with Gasteiger partial charge in [0.1, 0.15) is 5.82 Å². The van der Waals surface area contributed by atoms with Crippen LogP contribution in [0.1, 0.15) is 25.8 Å². The lowest BCUT2D eigenvalue weighted by atomic mass is 10.1. The van der Waals surface area contributed by atoms with Crippen LogP contribution in [0.4, 0.5) is 4.39 Å². The van der Waals surface area contributed by atoms with Gasteiger partial charge in [-0.25, -0.2) is 4.39 Å². The summed E-state index contributed by atoms with van der Waals surface area (Å²) in [7, 11) is 0. The molecule has 1 saturated carbocycles. The molecule has 1 fully saturated rings. The lowest BCUT2D eigenvalue weighted by molar-refractivity contribution is -0.123. The second-order valence-corrected chi connectivity index (χ2v) is 5.57. The van der Waals surface area contributed by atoms with Gasteiger partial charge in [-0.05, 0) is 24.0 Å². The van der Waals surface area contributed by atoms with Crippen molar-refractivity contribution in [1.29, 1.82) is 0 Å². The average Bonchev–Trinajstić information content (AvgIpc) is 2.87. The summed E-state index contributed by atoms with van der Waals surface area (Å²) in [4.78, 5) is 11.7. The summed E-state index contributed by atoms with van der Waals surface area (Å²) in [6.07, 6.45) is 0.893. The van der Waals surface area contributed by atoms with Gasteiger partial charge in [-0.3, -0.25) is 4.79 Å². The fourth-order valence-electron chi connectivity index (χ4n) is 1.91. The summed E-state index contributed by atoms with van der Waals surface area (Å²) in [5.41, 5.74) is 0.435. The third kappa shape index (κ3) is 2.60. The molecule has 1 unspecified atom stereocenters. The molecule has 2 rings (SSSR count). The van der Waals surface area contributed by atoms with E-state index in [1.165, 1.54) is 6.07 Å². The van der Waals surface area contributed by atoms with Crippen molar-refractivity contribution in [2.45, 2.75) is 26.8 Å². The van der Waals surface area contributed by atoms with Crippen LogP contribution in [0.15, 0.2) is 18.2 Å². The molecule has 1 aliphatic rings.